The third kappa shape index (κ3) is 3.04. The van der Waals surface area contributed by atoms with Crippen molar-refractivity contribution in [2.24, 2.45) is 0 Å². The fourth-order valence-electron chi connectivity index (χ4n) is 2.10. The molecule has 0 bridgehead atoms. The van der Waals surface area contributed by atoms with Gasteiger partial charge in [-0.25, -0.2) is 4.98 Å². The number of pyridine rings is 1. The molecule has 2 N–H and O–H groups in total. The number of anilines is 1. The second kappa shape index (κ2) is 5.17. The van der Waals surface area contributed by atoms with Gasteiger partial charge in [-0.15, -0.1) is 0 Å². The van der Waals surface area contributed by atoms with Crippen LogP contribution in [0.25, 0.3) is 10.9 Å². The predicted octanol–water partition coefficient (Wildman–Crippen LogP) is 2.77. The molecular weight excluding hydrogens is 254 g/mol. The van der Waals surface area contributed by atoms with Crippen molar-refractivity contribution in [2.45, 2.75) is 25.8 Å². The molecule has 0 aliphatic rings. The number of fused-ring (bicyclic) bond motifs is 1. The summed E-state index contributed by atoms with van der Waals surface area (Å²) in [5.41, 5.74) is 0.581. The van der Waals surface area contributed by atoms with E-state index in [9.17, 15) is 10.1 Å². The van der Waals surface area contributed by atoms with Crippen molar-refractivity contribution in [1.82, 2.24) is 4.98 Å². The van der Waals surface area contributed by atoms with Gasteiger partial charge in [0.1, 0.15) is 5.82 Å². The molecule has 20 heavy (non-hydrogen) atoms. The second-order valence-electron chi connectivity index (χ2n) is 5.26. The number of rotatable bonds is 4. The summed E-state index contributed by atoms with van der Waals surface area (Å²) in [6, 6.07) is 11.2. The van der Waals surface area contributed by atoms with Crippen molar-refractivity contribution in [2.75, 3.05) is 5.32 Å². The van der Waals surface area contributed by atoms with E-state index in [0.717, 1.165) is 5.39 Å². The summed E-state index contributed by atoms with van der Waals surface area (Å²) < 4.78 is 0. The highest BCUT2D eigenvalue weighted by molar-refractivity contribution is 5.86. The Morgan fingerprint density at radius 2 is 2.15 bits per heavy atom. The molecule has 1 aromatic heterocycles. The Bertz CT molecular complexity index is 702. The summed E-state index contributed by atoms with van der Waals surface area (Å²) in [7, 11) is 0. The molecule has 2 aromatic rings. The number of nitriles is 1. The van der Waals surface area contributed by atoms with E-state index >= 15 is 0 Å². The molecule has 1 aromatic carbocycles. The van der Waals surface area contributed by atoms with Crippen LogP contribution in [0.3, 0.4) is 0 Å². The Morgan fingerprint density at radius 1 is 1.45 bits per heavy atom. The number of carboxylic acid groups (broad SMARTS) is 1. The van der Waals surface area contributed by atoms with Crippen molar-refractivity contribution in [3.8, 4) is 6.07 Å². The van der Waals surface area contributed by atoms with Gasteiger partial charge in [-0.05, 0) is 26.0 Å². The largest absolute Gasteiger partial charge is 0.481 e. The summed E-state index contributed by atoms with van der Waals surface area (Å²) in [4.78, 5) is 15.2. The van der Waals surface area contributed by atoms with Gasteiger partial charge in [-0.2, -0.15) is 5.26 Å². The first kappa shape index (κ1) is 13.8. The Balaban J connectivity index is 2.41. The molecule has 0 atom stereocenters. The van der Waals surface area contributed by atoms with Gasteiger partial charge in [-0.3, -0.25) is 4.79 Å². The van der Waals surface area contributed by atoms with Crippen LogP contribution in [0.1, 0.15) is 25.8 Å². The van der Waals surface area contributed by atoms with Crippen molar-refractivity contribution < 1.29 is 9.90 Å². The lowest BCUT2D eigenvalue weighted by molar-refractivity contribution is -0.137. The number of hydrogen-bond donors (Lipinski definition) is 2. The normalized spacial score (nSPS) is 11.1. The SMILES string of the molecule is CC(C)(CC(=O)O)Nc1cc(C#N)c2ccccc2n1. The molecule has 0 amide bonds. The van der Waals surface area contributed by atoms with Crippen LogP contribution in [0.4, 0.5) is 5.82 Å². The molecule has 0 aliphatic heterocycles. The van der Waals surface area contributed by atoms with E-state index in [4.69, 9.17) is 5.11 Å². The first-order valence-corrected chi connectivity index (χ1v) is 6.21. The molecule has 5 nitrogen and oxygen atoms in total. The van der Waals surface area contributed by atoms with Crippen molar-refractivity contribution in [1.29, 1.82) is 5.26 Å². The maximum atomic E-state index is 10.8. The molecule has 0 aliphatic carbocycles. The van der Waals surface area contributed by atoms with Gasteiger partial charge in [0, 0.05) is 10.9 Å². The van der Waals surface area contributed by atoms with Crippen molar-refractivity contribution >= 4 is 22.7 Å². The van der Waals surface area contributed by atoms with Crippen LogP contribution in [0, 0.1) is 11.3 Å². The number of hydrogen-bond acceptors (Lipinski definition) is 4. The van der Waals surface area contributed by atoms with Crippen LogP contribution in [0.15, 0.2) is 30.3 Å². The number of carbonyl (C=O) groups is 1. The third-order valence-electron chi connectivity index (χ3n) is 2.90. The van der Waals surface area contributed by atoms with Crippen LogP contribution in [-0.4, -0.2) is 21.6 Å². The van der Waals surface area contributed by atoms with E-state index in [2.05, 4.69) is 16.4 Å². The zero-order chi connectivity index (χ0) is 14.8. The van der Waals surface area contributed by atoms with Crippen LogP contribution in [0.5, 0.6) is 0 Å². The van der Waals surface area contributed by atoms with Gasteiger partial charge >= 0.3 is 5.97 Å². The average Bonchev–Trinajstić information content (AvgIpc) is 2.35. The lowest BCUT2D eigenvalue weighted by atomic mass is 10.0. The molecule has 0 radical (unpaired) electrons. The van der Waals surface area contributed by atoms with Crippen molar-refractivity contribution in [3.05, 3.63) is 35.9 Å². The van der Waals surface area contributed by atoms with Gasteiger partial charge in [0.05, 0.1) is 23.6 Å². The lowest BCUT2D eigenvalue weighted by Gasteiger charge is -2.25. The Morgan fingerprint density at radius 3 is 2.80 bits per heavy atom. The monoisotopic (exact) mass is 269 g/mol. The highest BCUT2D eigenvalue weighted by Crippen LogP contribution is 2.23. The number of benzene rings is 1. The van der Waals surface area contributed by atoms with Gasteiger partial charge in [0.2, 0.25) is 0 Å². The van der Waals surface area contributed by atoms with E-state index < -0.39 is 11.5 Å². The van der Waals surface area contributed by atoms with Gasteiger partial charge in [0.25, 0.3) is 0 Å². The minimum absolute atomic E-state index is 0.0383. The summed E-state index contributed by atoms with van der Waals surface area (Å²) in [5.74, 6) is -0.379. The Labute approximate surface area is 116 Å². The molecule has 0 fully saturated rings. The number of para-hydroxylation sites is 1. The number of carboxylic acids is 1. The van der Waals surface area contributed by atoms with E-state index in [1.54, 1.807) is 19.9 Å². The zero-order valence-electron chi connectivity index (χ0n) is 11.3. The summed E-state index contributed by atoms with van der Waals surface area (Å²) in [5, 5.41) is 22.0. The maximum Gasteiger partial charge on any atom is 0.305 e. The van der Waals surface area contributed by atoms with E-state index in [1.807, 2.05) is 24.3 Å². The molecule has 1 heterocycles. The average molecular weight is 269 g/mol. The molecule has 0 unspecified atom stereocenters. The quantitative estimate of drug-likeness (QED) is 0.891. The zero-order valence-corrected chi connectivity index (χ0v) is 11.3. The summed E-state index contributed by atoms with van der Waals surface area (Å²) in [6.07, 6.45) is -0.0383. The summed E-state index contributed by atoms with van der Waals surface area (Å²) in [6.45, 7) is 3.56. The van der Waals surface area contributed by atoms with Gasteiger partial charge < -0.3 is 10.4 Å². The Kier molecular flexibility index (Phi) is 3.57. The highest BCUT2D eigenvalue weighted by Gasteiger charge is 2.22. The molecule has 102 valence electrons. The van der Waals surface area contributed by atoms with E-state index in [0.29, 0.717) is 16.9 Å². The Hall–Kier alpha value is -2.61. The molecule has 5 heteroatoms. The number of aromatic nitrogens is 1. The maximum absolute atomic E-state index is 10.8. The first-order chi connectivity index (χ1) is 9.41. The molecule has 0 spiro atoms. The topological polar surface area (TPSA) is 86.0 Å². The van der Waals surface area contributed by atoms with Gasteiger partial charge in [0.15, 0.2) is 0 Å². The predicted molar refractivity (Wildman–Crippen MR) is 76.4 cm³/mol. The van der Waals surface area contributed by atoms with Crippen LogP contribution >= 0.6 is 0 Å². The minimum Gasteiger partial charge on any atom is -0.481 e. The molecule has 0 saturated carbocycles. The second-order valence-corrected chi connectivity index (χ2v) is 5.26. The third-order valence-corrected chi connectivity index (χ3v) is 2.90. The number of aliphatic carboxylic acids is 1. The first-order valence-electron chi connectivity index (χ1n) is 6.21. The lowest BCUT2D eigenvalue weighted by Crippen LogP contribution is -2.34. The van der Waals surface area contributed by atoms with Crippen LogP contribution in [0.2, 0.25) is 0 Å². The van der Waals surface area contributed by atoms with Gasteiger partial charge in [-0.1, -0.05) is 18.2 Å². The molecular formula is C15H15N3O2. The standard InChI is InChI=1S/C15H15N3O2/c1-15(2,8-14(19)20)18-13-7-10(9-16)11-5-3-4-6-12(11)17-13/h3-7H,8H2,1-2H3,(H,17,18)(H,19,20). The smallest absolute Gasteiger partial charge is 0.305 e. The van der Waals surface area contributed by atoms with E-state index in [1.165, 1.54) is 0 Å². The van der Waals surface area contributed by atoms with Crippen LogP contribution < -0.4 is 5.32 Å². The van der Waals surface area contributed by atoms with Crippen molar-refractivity contribution in [3.63, 3.8) is 0 Å². The van der Waals surface area contributed by atoms with Crippen LogP contribution in [-0.2, 0) is 4.79 Å². The fraction of sp³-hybridized carbons (Fsp3) is 0.267. The number of nitrogens with one attached hydrogen (secondary N) is 1. The minimum atomic E-state index is -0.885. The molecule has 2 rings (SSSR count). The molecule has 0 saturated heterocycles. The highest BCUT2D eigenvalue weighted by atomic mass is 16.4. The fourth-order valence-corrected chi connectivity index (χ4v) is 2.10. The summed E-state index contributed by atoms with van der Waals surface area (Å²) >= 11 is 0. The number of nitrogens with zero attached hydrogens (tertiary/aromatic N) is 2. The van der Waals surface area contributed by atoms with E-state index in [-0.39, 0.29) is 6.42 Å².